The highest BCUT2D eigenvalue weighted by Gasteiger charge is 2.32. The third-order valence-corrected chi connectivity index (χ3v) is 6.56. The summed E-state index contributed by atoms with van der Waals surface area (Å²) < 4.78 is 21.4. The molecule has 6 nitrogen and oxygen atoms in total. The van der Waals surface area contributed by atoms with Crippen LogP contribution in [0, 0.1) is 5.82 Å². The van der Waals surface area contributed by atoms with Crippen molar-refractivity contribution in [2.75, 3.05) is 6.61 Å². The number of aliphatic carboxylic acids is 1. The number of carbonyl (C=O) groups is 2. The van der Waals surface area contributed by atoms with Crippen LogP contribution in [-0.2, 0) is 22.4 Å². The van der Waals surface area contributed by atoms with Crippen LogP contribution >= 0.6 is 23.2 Å². The molecule has 2 atom stereocenters. The molecule has 3 aromatic rings. The number of hydrogen-bond donors (Lipinski definition) is 2. The monoisotopic (exact) mass is 492 g/mol. The second-order valence-corrected chi connectivity index (χ2v) is 8.88. The zero-order valence-electron chi connectivity index (χ0n) is 17.9. The molecule has 1 aliphatic carbocycles. The topological polar surface area (TPSA) is 80.6 Å². The van der Waals surface area contributed by atoms with Crippen molar-refractivity contribution in [1.29, 1.82) is 0 Å². The van der Waals surface area contributed by atoms with Crippen LogP contribution in [0.2, 0.25) is 10.0 Å². The van der Waals surface area contributed by atoms with E-state index in [-0.39, 0.29) is 23.6 Å². The normalized spacial score (nSPS) is 16.3. The lowest BCUT2D eigenvalue weighted by atomic mass is 9.91. The molecule has 1 amide bonds. The van der Waals surface area contributed by atoms with Gasteiger partial charge in [-0.3, -0.25) is 4.79 Å². The number of ether oxygens (including phenoxy) is 1. The van der Waals surface area contributed by atoms with E-state index < -0.39 is 17.8 Å². The van der Waals surface area contributed by atoms with E-state index in [0.29, 0.717) is 47.4 Å². The molecular weight excluding hydrogens is 470 g/mol. The highest BCUT2D eigenvalue weighted by atomic mass is 35.5. The fourth-order valence-electron chi connectivity index (χ4n) is 4.54. The number of carboxylic acids is 1. The van der Waals surface area contributed by atoms with E-state index >= 15 is 0 Å². The Morgan fingerprint density at radius 3 is 2.73 bits per heavy atom. The molecule has 0 aliphatic heterocycles. The molecule has 0 spiro atoms. The van der Waals surface area contributed by atoms with Gasteiger partial charge in [-0.05, 0) is 55.5 Å². The zero-order chi connectivity index (χ0) is 23.7. The summed E-state index contributed by atoms with van der Waals surface area (Å²) in [7, 11) is 0. The van der Waals surface area contributed by atoms with Gasteiger partial charge in [0.2, 0.25) is 0 Å². The minimum Gasteiger partial charge on any atom is -0.482 e. The number of halogens is 3. The summed E-state index contributed by atoms with van der Waals surface area (Å²) in [5, 5.41) is 13.9. The van der Waals surface area contributed by atoms with Gasteiger partial charge in [-0.25, -0.2) is 9.18 Å². The number of amides is 1. The molecule has 0 bridgehead atoms. The van der Waals surface area contributed by atoms with Gasteiger partial charge in [0.05, 0.1) is 15.6 Å². The number of para-hydroxylation sites is 1. The van der Waals surface area contributed by atoms with Crippen LogP contribution in [0.5, 0.6) is 5.75 Å². The van der Waals surface area contributed by atoms with Crippen LogP contribution in [0.3, 0.4) is 0 Å². The highest BCUT2D eigenvalue weighted by molar-refractivity contribution is 6.35. The van der Waals surface area contributed by atoms with Crippen molar-refractivity contribution in [3.8, 4) is 5.75 Å². The fourth-order valence-corrected chi connectivity index (χ4v) is 5.03. The lowest BCUT2D eigenvalue weighted by molar-refractivity contribution is -0.141. The summed E-state index contributed by atoms with van der Waals surface area (Å²) in [4.78, 5) is 24.4. The van der Waals surface area contributed by atoms with Crippen LogP contribution in [0.1, 0.15) is 37.1 Å². The van der Waals surface area contributed by atoms with Crippen LogP contribution in [0.4, 0.5) is 4.39 Å². The molecule has 33 heavy (non-hydrogen) atoms. The predicted octanol–water partition coefficient (Wildman–Crippen LogP) is 5.18. The number of rotatable bonds is 7. The standard InChI is InChI=1S/C24H23Cl2FN2O4/c1-2-19(24(31)32)29-20-8-7-14(11-15(20)16-9-13(27)10-18(26)23(16)29)28-22(30)12-33-21-6-4-3-5-17(21)25/h3-6,9-10,14,19H,2,7-8,11-12H2,1H3,(H,28,30)(H,31,32)/t14-,19?/m0/s1. The third-order valence-electron chi connectivity index (χ3n) is 5.96. The molecule has 1 unspecified atom stereocenters. The first kappa shape index (κ1) is 23.4. The Balaban J connectivity index is 1.59. The summed E-state index contributed by atoms with van der Waals surface area (Å²) in [5.74, 6) is -1.33. The molecule has 174 valence electrons. The summed E-state index contributed by atoms with van der Waals surface area (Å²) in [5.41, 5.74) is 2.16. The van der Waals surface area contributed by atoms with Gasteiger partial charge in [-0.2, -0.15) is 0 Å². The molecule has 1 aliphatic rings. The lowest BCUT2D eigenvalue weighted by Gasteiger charge is -2.26. The van der Waals surface area contributed by atoms with Crippen LogP contribution in [0.15, 0.2) is 36.4 Å². The summed E-state index contributed by atoms with van der Waals surface area (Å²) in [6.07, 6.45) is 1.94. The average Bonchev–Trinajstić information content (AvgIpc) is 3.07. The van der Waals surface area contributed by atoms with Crippen molar-refractivity contribution in [2.45, 2.75) is 44.7 Å². The van der Waals surface area contributed by atoms with E-state index in [0.717, 1.165) is 11.3 Å². The van der Waals surface area contributed by atoms with Gasteiger partial charge < -0.3 is 19.7 Å². The van der Waals surface area contributed by atoms with Gasteiger partial charge in [-0.15, -0.1) is 0 Å². The van der Waals surface area contributed by atoms with Crippen molar-refractivity contribution < 1.29 is 23.8 Å². The molecule has 1 aromatic heterocycles. The molecular formula is C24H23Cl2FN2O4. The first-order valence-corrected chi connectivity index (χ1v) is 11.5. The van der Waals surface area contributed by atoms with Gasteiger partial charge in [0.15, 0.2) is 6.61 Å². The fraction of sp³-hybridized carbons (Fsp3) is 0.333. The zero-order valence-corrected chi connectivity index (χ0v) is 19.4. The van der Waals surface area contributed by atoms with E-state index in [2.05, 4.69) is 5.32 Å². The predicted molar refractivity (Wildman–Crippen MR) is 125 cm³/mol. The maximum absolute atomic E-state index is 14.2. The van der Waals surface area contributed by atoms with Crippen molar-refractivity contribution >= 4 is 46.0 Å². The molecule has 0 radical (unpaired) electrons. The molecule has 9 heteroatoms. The Hall–Kier alpha value is -2.77. The molecule has 2 N–H and O–H groups in total. The number of carboxylic acid groups (broad SMARTS) is 1. The number of carbonyl (C=O) groups excluding carboxylic acids is 1. The van der Waals surface area contributed by atoms with Crippen molar-refractivity contribution in [2.24, 2.45) is 0 Å². The van der Waals surface area contributed by atoms with E-state index in [1.165, 1.54) is 12.1 Å². The average molecular weight is 493 g/mol. The summed E-state index contributed by atoms with van der Waals surface area (Å²) >= 11 is 12.4. The van der Waals surface area contributed by atoms with Gasteiger partial charge in [0.25, 0.3) is 5.91 Å². The van der Waals surface area contributed by atoms with Crippen LogP contribution in [-0.4, -0.2) is 34.2 Å². The summed E-state index contributed by atoms with van der Waals surface area (Å²) in [6.45, 7) is 1.60. The van der Waals surface area contributed by atoms with Crippen LogP contribution in [0.25, 0.3) is 10.9 Å². The number of nitrogens with zero attached hydrogens (tertiary/aromatic N) is 1. The molecule has 4 rings (SSSR count). The van der Waals surface area contributed by atoms with E-state index in [1.54, 1.807) is 35.8 Å². The third kappa shape index (κ3) is 4.66. The maximum atomic E-state index is 14.2. The van der Waals surface area contributed by atoms with E-state index in [4.69, 9.17) is 27.9 Å². The van der Waals surface area contributed by atoms with E-state index in [1.807, 2.05) is 0 Å². The SMILES string of the molecule is CCC(C(=O)O)n1c2c(c3cc(F)cc(Cl)c31)C[C@@H](NC(=O)COc1ccccc1Cl)CC2. The van der Waals surface area contributed by atoms with Crippen molar-refractivity contribution in [3.63, 3.8) is 0 Å². The minimum absolute atomic E-state index is 0.174. The Morgan fingerprint density at radius 1 is 1.27 bits per heavy atom. The van der Waals surface area contributed by atoms with Gasteiger partial charge in [0, 0.05) is 17.1 Å². The largest absolute Gasteiger partial charge is 0.482 e. The quantitative estimate of drug-likeness (QED) is 0.476. The Kier molecular flexibility index (Phi) is 6.81. The minimum atomic E-state index is -0.968. The highest BCUT2D eigenvalue weighted by Crippen LogP contribution is 2.39. The first-order valence-electron chi connectivity index (χ1n) is 10.7. The number of aromatic nitrogens is 1. The summed E-state index contributed by atoms with van der Waals surface area (Å²) in [6, 6.07) is 8.47. The first-order chi connectivity index (χ1) is 15.8. The second kappa shape index (κ2) is 9.61. The van der Waals surface area contributed by atoms with Gasteiger partial charge in [-0.1, -0.05) is 42.3 Å². The molecule has 0 saturated heterocycles. The number of nitrogens with one attached hydrogen (secondary N) is 1. The van der Waals surface area contributed by atoms with Gasteiger partial charge in [0.1, 0.15) is 17.6 Å². The smallest absolute Gasteiger partial charge is 0.326 e. The van der Waals surface area contributed by atoms with Crippen LogP contribution < -0.4 is 10.1 Å². The molecule has 0 saturated carbocycles. The Bertz CT molecular complexity index is 1230. The molecule has 2 aromatic carbocycles. The van der Waals surface area contributed by atoms with Gasteiger partial charge >= 0.3 is 5.97 Å². The number of fused-ring (bicyclic) bond motifs is 3. The second-order valence-electron chi connectivity index (χ2n) is 8.07. The van der Waals surface area contributed by atoms with Crippen molar-refractivity contribution in [1.82, 2.24) is 9.88 Å². The lowest BCUT2D eigenvalue weighted by Crippen LogP contribution is -2.41. The van der Waals surface area contributed by atoms with Crippen molar-refractivity contribution in [3.05, 3.63) is 63.5 Å². The number of benzene rings is 2. The number of hydrogen-bond acceptors (Lipinski definition) is 3. The molecule has 0 fully saturated rings. The molecule has 1 heterocycles. The van der Waals surface area contributed by atoms with E-state index in [9.17, 15) is 19.1 Å². The Morgan fingerprint density at radius 2 is 2.03 bits per heavy atom. The Labute approximate surface area is 200 Å². The maximum Gasteiger partial charge on any atom is 0.326 e.